The molecule has 2 saturated heterocycles. The van der Waals surface area contributed by atoms with Crippen molar-refractivity contribution in [3.05, 3.63) is 29.3 Å². The number of morpholine rings is 1. The van der Waals surface area contributed by atoms with E-state index in [-0.39, 0.29) is 5.97 Å². The first-order valence-electron chi connectivity index (χ1n) is 9.00. The number of carbonyl (C=O) groups excluding carboxylic acids is 1. The lowest BCUT2D eigenvalue weighted by molar-refractivity contribution is 0.0341. The van der Waals surface area contributed by atoms with Gasteiger partial charge in [-0.15, -0.1) is 0 Å². The first-order valence-corrected chi connectivity index (χ1v) is 9.00. The lowest BCUT2D eigenvalue weighted by Gasteiger charge is -2.29. The summed E-state index contributed by atoms with van der Waals surface area (Å²) in [6.07, 6.45) is 2.20. The number of ether oxygens (including phenoxy) is 3. The van der Waals surface area contributed by atoms with Crippen LogP contribution in [0, 0.1) is 0 Å². The van der Waals surface area contributed by atoms with Crippen LogP contribution in [0.4, 0.5) is 5.69 Å². The Morgan fingerprint density at radius 2 is 2.04 bits per heavy atom. The lowest BCUT2D eigenvalue weighted by atomic mass is 10.1. The van der Waals surface area contributed by atoms with Crippen molar-refractivity contribution in [3.63, 3.8) is 0 Å². The minimum Gasteiger partial charge on any atom is -0.465 e. The van der Waals surface area contributed by atoms with Crippen LogP contribution in [-0.4, -0.2) is 70.6 Å². The molecule has 0 aliphatic carbocycles. The fraction of sp³-hybridized carbons (Fsp3) is 0.632. The predicted octanol–water partition coefficient (Wildman–Crippen LogP) is 1.92. The third-order valence-electron chi connectivity index (χ3n) is 5.02. The molecular weight excluding hydrogens is 320 g/mol. The molecule has 1 atom stereocenters. The van der Waals surface area contributed by atoms with E-state index < -0.39 is 0 Å². The molecule has 2 heterocycles. The van der Waals surface area contributed by atoms with E-state index in [9.17, 15) is 4.79 Å². The number of nitrogens with zero attached hydrogens (tertiary/aromatic N) is 2. The molecule has 0 radical (unpaired) electrons. The Kier molecular flexibility index (Phi) is 6.29. The molecule has 0 spiro atoms. The van der Waals surface area contributed by atoms with Crippen LogP contribution in [0.3, 0.4) is 0 Å². The summed E-state index contributed by atoms with van der Waals surface area (Å²) in [5.41, 5.74) is 2.74. The molecule has 1 aromatic carbocycles. The van der Waals surface area contributed by atoms with E-state index in [1.165, 1.54) is 7.11 Å². The van der Waals surface area contributed by atoms with Gasteiger partial charge in [0.2, 0.25) is 0 Å². The van der Waals surface area contributed by atoms with Gasteiger partial charge in [0, 0.05) is 33.3 Å². The summed E-state index contributed by atoms with van der Waals surface area (Å²) in [5, 5.41) is 0. The summed E-state index contributed by atoms with van der Waals surface area (Å²) >= 11 is 0. The molecule has 1 aromatic rings. The maximum Gasteiger partial charge on any atom is 0.339 e. The van der Waals surface area contributed by atoms with Crippen molar-refractivity contribution in [1.82, 2.24) is 4.90 Å². The summed E-state index contributed by atoms with van der Waals surface area (Å²) in [6, 6.07) is 6.49. The van der Waals surface area contributed by atoms with Gasteiger partial charge in [0.25, 0.3) is 0 Å². The van der Waals surface area contributed by atoms with Gasteiger partial charge >= 0.3 is 5.97 Å². The zero-order valence-electron chi connectivity index (χ0n) is 15.2. The van der Waals surface area contributed by atoms with Crippen LogP contribution in [0.2, 0.25) is 0 Å². The molecule has 0 N–H and O–H groups in total. The highest BCUT2D eigenvalue weighted by atomic mass is 16.5. The molecular formula is C19H28N2O4. The van der Waals surface area contributed by atoms with E-state index in [1.54, 1.807) is 7.11 Å². The molecule has 0 saturated carbocycles. The Bertz CT molecular complexity index is 587. The highest BCUT2D eigenvalue weighted by molar-refractivity contribution is 5.96. The molecule has 2 fully saturated rings. The maximum atomic E-state index is 12.4. The lowest BCUT2D eigenvalue weighted by Crippen LogP contribution is -2.36. The maximum absolute atomic E-state index is 12.4. The second-order valence-electron chi connectivity index (χ2n) is 6.68. The zero-order valence-corrected chi connectivity index (χ0v) is 15.2. The number of hydrogen-bond donors (Lipinski definition) is 0. The van der Waals surface area contributed by atoms with Crippen LogP contribution in [-0.2, 0) is 20.8 Å². The quantitative estimate of drug-likeness (QED) is 0.732. The molecule has 1 unspecified atom stereocenters. The Hall–Kier alpha value is -1.63. The van der Waals surface area contributed by atoms with Crippen LogP contribution < -0.4 is 4.90 Å². The van der Waals surface area contributed by atoms with Crippen LogP contribution in [0.15, 0.2) is 18.2 Å². The van der Waals surface area contributed by atoms with Gasteiger partial charge in [-0.05, 0) is 30.5 Å². The largest absolute Gasteiger partial charge is 0.465 e. The molecule has 3 rings (SSSR count). The van der Waals surface area contributed by atoms with Gasteiger partial charge in [0.15, 0.2) is 0 Å². The van der Waals surface area contributed by atoms with Crippen molar-refractivity contribution >= 4 is 11.7 Å². The highest BCUT2D eigenvalue weighted by Crippen LogP contribution is 2.30. The van der Waals surface area contributed by atoms with E-state index in [0.29, 0.717) is 18.2 Å². The number of anilines is 1. The third-order valence-corrected chi connectivity index (χ3v) is 5.02. The second-order valence-corrected chi connectivity index (χ2v) is 6.68. The minimum atomic E-state index is -0.276. The Morgan fingerprint density at radius 1 is 1.24 bits per heavy atom. The fourth-order valence-electron chi connectivity index (χ4n) is 3.74. The first kappa shape index (κ1) is 18.2. The van der Waals surface area contributed by atoms with Gasteiger partial charge in [-0.1, -0.05) is 6.07 Å². The molecule has 6 nitrogen and oxygen atoms in total. The van der Waals surface area contributed by atoms with E-state index in [0.717, 1.165) is 63.5 Å². The molecule has 138 valence electrons. The molecule has 2 aliphatic rings. The first-order chi connectivity index (χ1) is 12.2. The highest BCUT2D eigenvalue weighted by Gasteiger charge is 2.28. The molecule has 25 heavy (non-hydrogen) atoms. The summed E-state index contributed by atoms with van der Waals surface area (Å²) in [4.78, 5) is 17.0. The SMILES string of the molecule is COCC1CCCN1c1ccc(CN2CCOCC2)cc1C(=O)OC. The summed E-state index contributed by atoms with van der Waals surface area (Å²) < 4.78 is 15.8. The predicted molar refractivity (Wildman–Crippen MR) is 96.1 cm³/mol. The van der Waals surface area contributed by atoms with E-state index in [1.807, 2.05) is 6.07 Å². The number of rotatable bonds is 6. The average Bonchev–Trinajstić information content (AvgIpc) is 3.10. The molecule has 0 amide bonds. The van der Waals surface area contributed by atoms with E-state index in [2.05, 4.69) is 21.9 Å². The number of benzene rings is 1. The normalized spacial score (nSPS) is 21.5. The monoisotopic (exact) mass is 348 g/mol. The van der Waals surface area contributed by atoms with Crippen LogP contribution >= 0.6 is 0 Å². The van der Waals surface area contributed by atoms with E-state index >= 15 is 0 Å². The molecule has 0 bridgehead atoms. The molecule has 6 heteroatoms. The fourth-order valence-corrected chi connectivity index (χ4v) is 3.74. The number of carbonyl (C=O) groups is 1. The summed E-state index contributed by atoms with van der Waals surface area (Å²) in [7, 11) is 3.17. The number of esters is 1. The third kappa shape index (κ3) is 4.32. The molecule has 0 aromatic heterocycles. The summed E-state index contributed by atoms with van der Waals surface area (Å²) in [6.45, 7) is 5.85. The molecule has 2 aliphatic heterocycles. The van der Waals surface area contributed by atoms with E-state index in [4.69, 9.17) is 14.2 Å². The smallest absolute Gasteiger partial charge is 0.339 e. The average molecular weight is 348 g/mol. The van der Waals surface area contributed by atoms with Gasteiger partial charge in [-0.3, -0.25) is 4.90 Å². The van der Waals surface area contributed by atoms with Crippen molar-refractivity contribution in [2.24, 2.45) is 0 Å². The minimum absolute atomic E-state index is 0.276. The van der Waals surface area contributed by atoms with Crippen LogP contribution in [0.5, 0.6) is 0 Å². The van der Waals surface area contributed by atoms with Crippen molar-refractivity contribution in [1.29, 1.82) is 0 Å². The zero-order chi connectivity index (χ0) is 17.6. The van der Waals surface area contributed by atoms with Crippen LogP contribution in [0.1, 0.15) is 28.8 Å². The van der Waals surface area contributed by atoms with Gasteiger partial charge < -0.3 is 19.1 Å². The van der Waals surface area contributed by atoms with Gasteiger partial charge in [-0.2, -0.15) is 0 Å². The summed E-state index contributed by atoms with van der Waals surface area (Å²) in [5.74, 6) is -0.276. The number of methoxy groups -OCH3 is 2. The van der Waals surface area contributed by atoms with Crippen molar-refractivity contribution in [2.45, 2.75) is 25.4 Å². The Balaban J connectivity index is 1.83. The Labute approximate surface area is 149 Å². The topological polar surface area (TPSA) is 51.2 Å². The van der Waals surface area contributed by atoms with Crippen molar-refractivity contribution in [3.8, 4) is 0 Å². The standard InChI is InChI=1S/C19H28N2O4/c1-23-14-16-4-3-7-21(16)18-6-5-15(12-17(18)19(22)24-2)13-20-8-10-25-11-9-20/h5-6,12,16H,3-4,7-11,13-14H2,1-2H3. The van der Waals surface area contributed by atoms with Crippen molar-refractivity contribution < 1.29 is 19.0 Å². The van der Waals surface area contributed by atoms with Gasteiger partial charge in [0.05, 0.1) is 44.2 Å². The van der Waals surface area contributed by atoms with Crippen LogP contribution in [0.25, 0.3) is 0 Å². The van der Waals surface area contributed by atoms with Gasteiger partial charge in [0.1, 0.15) is 0 Å². The van der Waals surface area contributed by atoms with Gasteiger partial charge in [-0.25, -0.2) is 4.79 Å². The second kappa shape index (κ2) is 8.65. The number of hydrogen-bond acceptors (Lipinski definition) is 6. The Morgan fingerprint density at radius 3 is 2.76 bits per heavy atom. The van der Waals surface area contributed by atoms with Crippen molar-refractivity contribution in [2.75, 3.05) is 58.6 Å².